The van der Waals surface area contributed by atoms with Crippen molar-refractivity contribution in [1.82, 2.24) is 9.55 Å². The number of hydrogen-bond donors (Lipinski definition) is 0. The third kappa shape index (κ3) is 3.44. The van der Waals surface area contributed by atoms with Gasteiger partial charge in [-0.05, 0) is 18.2 Å². The highest BCUT2D eigenvalue weighted by Gasteiger charge is 2.15. The van der Waals surface area contributed by atoms with Crippen molar-refractivity contribution in [3.05, 3.63) is 29.0 Å². The van der Waals surface area contributed by atoms with E-state index < -0.39 is 0 Å². The number of hydrogen-bond acceptors (Lipinski definition) is 3. The summed E-state index contributed by atoms with van der Waals surface area (Å²) in [5.74, 6) is 1.47. The van der Waals surface area contributed by atoms with Crippen LogP contribution < -0.4 is 0 Å². The SMILES string of the molecule is COCC(Cn1c(CCCl)nc2ccc(Cl)cc21)OC. The van der Waals surface area contributed by atoms with E-state index in [2.05, 4.69) is 9.55 Å². The minimum Gasteiger partial charge on any atom is -0.382 e. The maximum absolute atomic E-state index is 6.09. The van der Waals surface area contributed by atoms with Gasteiger partial charge in [0.1, 0.15) is 5.82 Å². The number of aryl methyl sites for hydroxylation is 1. The number of rotatable bonds is 7. The molecule has 0 saturated carbocycles. The third-order valence-corrected chi connectivity index (χ3v) is 3.60. The van der Waals surface area contributed by atoms with Crippen LogP contribution in [0.5, 0.6) is 0 Å². The Kier molecular flexibility index (Phi) is 5.66. The first-order chi connectivity index (χ1) is 9.69. The molecule has 0 aliphatic heterocycles. The van der Waals surface area contributed by atoms with Crippen LogP contribution in [0.15, 0.2) is 18.2 Å². The lowest BCUT2D eigenvalue weighted by atomic mass is 10.3. The van der Waals surface area contributed by atoms with Gasteiger partial charge in [-0.25, -0.2) is 4.98 Å². The lowest BCUT2D eigenvalue weighted by molar-refractivity contribution is 0.0186. The van der Waals surface area contributed by atoms with Gasteiger partial charge in [0, 0.05) is 31.5 Å². The second kappa shape index (κ2) is 7.27. The van der Waals surface area contributed by atoms with Crippen molar-refractivity contribution < 1.29 is 9.47 Å². The number of halogens is 2. The molecule has 1 aromatic carbocycles. The van der Waals surface area contributed by atoms with Crippen LogP contribution in [-0.4, -0.2) is 42.4 Å². The van der Waals surface area contributed by atoms with Crippen molar-refractivity contribution in [2.75, 3.05) is 26.7 Å². The zero-order chi connectivity index (χ0) is 14.5. The molecule has 0 aliphatic rings. The van der Waals surface area contributed by atoms with Crippen molar-refractivity contribution in [3.63, 3.8) is 0 Å². The van der Waals surface area contributed by atoms with Crippen molar-refractivity contribution in [3.8, 4) is 0 Å². The molecule has 0 radical (unpaired) electrons. The van der Waals surface area contributed by atoms with Gasteiger partial charge in [0.05, 0.1) is 30.3 Å². The number of fused-ring (bicyclic) bond motifs is 1. The van der Waals surface area contributed by atoms with E-state index in [1.165, 1.54) is 0 Å². The Morgan fingerprint density at radius 2 is 2.15 bits per heavy atom. The van der Waals surface area contributed by atoms with Gasteiger partial charge in [-0.1, -0.05) is 11.6 Å². The molecular formula is C14H18Cl2N2O2. The second-order valence-electron chi connectivity index (χ2n) is 4.52. The minimum atomic E-state index is -0.0366. The van der Waals surface area contributed by atoms with Gasteiger partial charge in [-0.2, -0.15) is 0 Å². The monoisotopic (exact) mass is 316 g/mol. The number of nitrogens with zero attached hydrogens (tertiary/aromatic N) is 2. The number of benzene rings is 1. The Labute approximate surface area is 128 Å². The van der Waals surface area contributed by atoms with Crippen molar-refractivity contribution in [2.45, 2.75) is 19.1 Å². The Bertz CT molecular complexity index is 572. The number of ether oxygens (including phenoxy) is 2. The van der Waals surface area contributed by atoms with Crippen LogP contribution in [0.3, 0.4) is 0 Å². The first kappa shape index (κ1) is 15.6. The molecular weight excluding hydrogens is 299 g/mol. The zero-order valence-corrected chi connectivity index (χ0v) is 13.1. The minimum absolute atomic E-state index is 0.0366. The van der Waals surface area contributed by atoms with Crippen molar-refractivity contribution >= 4 is 34.2 Å². The Morgan fingerprint density at radius 1 is 1.35 bits per heavy atom. The molecule has 6 heteroatoms. The van der Waals surface area contributed by atoms with Gasteiger partial charge in [0.2, 0.25) is 0 Å². The molecule has 0 aliphatic carbocycles. The maximum atomic E-state index is 6.09. The highest BCUT2D eigenvalue weighted by Crippen LogP contribution is 2.22. The summed E-state index contributed by atoms with van der Waals surface area (Å²) in [7, 11) is 3.34. The van der Waals surface area contributed by atoms with E-state index in [-0.39, 0.29) is 6.10 Å². The quantitative estimate of drug-likeness (QED) is 0.736. The van der Waals surface area contributed by atoms with Crippen LogP contribution in [0.2, 0.25) is 5.02 Å². The normalized spacial score (nSPS) is 13.0. The average Bonchev–Trinajstić information content (AvgIpc) is 2.76. The first-order valence-corrected chi connectivity index (χ1v) is 7.33. The van der Waals surface area contributed by atoms with Gasteiger partial charge in [0.15, 0.2) is 0 Å². The fourth-order valence-electron chi connectivity index (χ4n) is 2.21. The second-order valence-corrected chi connectivity index (χ2v) is 5.34. The molecule has 0 saturated heterocycles. The summed E-state index contributed by atoms with van der Waals surface area (Å²) in [5, 5.41) is 0.691. The van der Waals surface area contributed by atoms with Gasteiger partial charge in [-0.3, -0.25) is 0 Å². The standard InChI is InChI=1S/C14H18Cl2N2O2/c1-19-9-11(20-2)8-18-13-7-10(16)3-4-12(13)17-14(18)5-6-15/h3-4,7,11H,5-6,8-9H2,1-2H3. The van der Waals surface area contributed by atoms with E-state index in [0.29, 0.717) is 30.5 Å². The van der Waals surface area contributed by atoms with Crippen LogP contribution in [0.25, 0.3) is 11.0 Å². The molecule has 0 fully saturated rings. The summed E-state index contributed by atoms with van der Waals surface area (Å²) in [6.07, 6.45) is 0.669. The van der Waals surface area contributed by atoms with Crippen molar-refractivity contribution in [1.29, 1.82) is 0 Å². The van der Waals surface area contributed by atoms with Crippen molar-refractivity contribution in [2.24, 2.45) is 0 Å². The van der Waals surface area contributed by atoms with E-state index in [0.717, 1.165) is 16.9 Å². The zero-order valence-electron chi connectivity index (χ0n) is 11.6. The van der Waals surface area contributed by atoms with Crippen LogP contribution in [0, 0.1) is 0 Å². The van der Waals surface area contributed by atoms with E-state index in [4.69, 9.17) is 32.7 Å². The summed E-state index contributed by atoms with van der Waals surface area (Å²) >= 11 is 11.9. The van der Waals surface area contributed by atoms with E-state index in [9.17, 15) is 0 Å². The summed E-state index contributed by atoms with van der Waals surface area (Å²) in [5.41, 5.74) is 1.91. The fraction of sp³-hybridized carbons (Fsp3) is 0.500. The van der Waals surface area contributed by atoms with Crippen LogP contribution in [-0.2, 0) is 22.4 Å². The number of aromatic nitrogens is 2. The molecule has 110 valence electrons. The number of methoxy groups -OCH3 is 2. The molecule has 1 aromatic heterocycles. The molecule has 0 amide bonds. The predicted molar refractivity (Wildman–Crippen MR) is 81.8 cm³/mol. The highest BCUT2D eigenvalue weighted by atomic mass is 35.5. The number of alkyl halides is 1. The lowest BCUT2D eigenvalue weighted by Gasteiger charge is -2.17. The predicted octanol–water partition coefficient (Wildman–Crippen LogP) is 3.13. The topological polar surface area (TPSA) is 36.3 Å². The summed E-state index contributed by atoms with van der Waals surface area (Å²) < 4.78 is 12.7. The van der Waals surface area contributed by atoms with Gasteiger partial charge in [-0.15, -0.1) is 11.6 Å². The number of imidazole rings is 1. The third-order valence-electron chi connectivity index (χ3n) is 3.18. The summed E-state index contributed by atoms with van der Waals surface area (Å²) in [6.45, 7) is 1.18. The molecule has 1 heterocycles. The Morgan fingerprint density at radius 3 is 2.80 bits per heavy atom. The molecule has 0 bridgehead atoms. The van der Waals surface area contributed by atoms with Gasteiger partial charge >= 0.3 is 0 Å². The van der Waals surface area contributed by atoms with E-state index >= 15 is 0 Å². The Hall–Kier alpha value is -0.810. The van der Waals surface area contributed by atoms with Crippen LogP contribution >= 0.6 is 23.2 Å². The largest absolute Gasteiger partial charge is 0.382 e. The van der Waals surface area contributed by atoms with Gasteiger partial charge in [0.25, 0.3) is 0 Å². The molecule has 4 nitrogen and oxygen atoms in total. The fourth-order valence-corrected chi connectivity index (χ4v) is 2.55. The highest BCUT2D eigenvalue weighted by molar-refractivity contribution is 6.31. The van der Waals surface area contributed by atoms with Gasteiger partial charge < -0.3 is 14.0 Å². The molecule has 0 N–H and O–H groups in total. The van der Waals surface area contributed by atoms with E-state index in [1.807, 2.05) is 18.2 Å². The summed E-state index contributed by atoms with van der Waals surface area (Å²) in [4.78, 5) is 4.61. The molecule has 20 heavy (non-hydrogen) atoms. The van der Waals surface area contributed by atoms with Crippen LogP contribution in [0.4, 0.5) is 0 Å². The van der Waals surface area contributed by atoms with Crippen LogP contribution in [0.1, 0.15) is 5.82 Å². The Balaban J connectivity index is 2.41. The molecule has 1 atom stereocenters. The maximum Gasteiger partial charge on any atom is 0.111 e. The molecule has 1 unspecified atom stereocenters. The molecule has 2 rings (SSSR count). The average molecular weight is 317 g/mol. The summed E-state index contributed by atoms with van der Waals surface area (Å²) in [6, 6.07) is 5.68. The lowest BCUT2D eigenvalue weighted by Crippen LogP contribution is -2.24. The smallest absolute Gasteiger partial charge is 0.111 e. The molecule has 2 aromatic rings. The molecule has 0 spiro atoms. The van der Waals surface area contributed by atoms with E-state index in [1.54, 1.807) is 14.2 Å². The first-order valence-electron chi connectivity index (χ1n) is 6.42.